The van der Waals surface area contributed by atoms with Crippen molar-refractivity contribution >= 4 is 35.6 Å². The molecular weight excluding hydrogens is 626 g/mol. The van der Waals surface area contributed by atoms with Gasteiger partial charge in [0.15, 0.2) is 5.60 Å². The Kier molecular flexibility index (Phi) is 19.4. The Morgan fingerprint density at radius 1 is 0.875 bits per heavy atom. The number of rotatable bonds is 25. The van der Waals surface area contributed by atoms with E-state index >= 15 is 0 Å². The van der Waals surface area contributed by atoms with Crippen molar-refractivity contribution in [2.45, 2.75) is 129 Å². The first kappa shape index (κ1) is 41.8. The first-order chi connectivity index (χ1) is 22.7. The molecule has 0 aliphatic rings. The molecule has 1 amide bonds. The van der Waals surface area contributed by atoms with Gasteiger partial charge in [-0.15, -0.1) is 0 Å². The number of benzene rings is 1. The molecule has 13 heteroatoms. The van der Waals surface area contributed by atoms with Gasteiger partial charge >= 0.3 is 23.9 Å². The summed E-state index contributed by atoms with van der Waals surface area (Å²) in [6.45, 7) is 4.51. The van der Waals surface area contributed by atoms with Crippen molar-refractivity contribution in [1.82, 2.24) is 5.32 Å². The van der Waals surface area contributed by atoms with Crippen molar-refractivity contribution in [3.05, 3.63) is 42.0 Å². The van der Waals surface area contributed by atoms with Gasteiger partial charge in [0, 0.05) is 33.1 Å². The number of phenols is 1. The van der Waals surface area contributed by atoms with E-state index in [4.69, 9.17) is 9.47 Å². The molecule has 0 bridgehead atoms. The highest BCUT2D eigenvalue weighted by atomic mass is 16.7. The quantitative estimate of drug-likeness (QED) is 0.0415. The molecule has 0 radical (unpaired) electrons. The lowest BCUT2D eigenvalue weighted by atomic mass is 9.82. The number of ether oxygens (including phenoxy) is 2. The zero-order chi connectivity index (χ0) is 36.1. The van der Waals surface area contributed by atoms with E-state index in [1.54, 1.807) is 0 Å². The lowest BCUT2D eigenvalue weighted by Gasteiger charge is -2.30. The van der Waals surface area contributed by atoms with Crippen molar-refractivity contribution in [2.75, 3.05) is 0 Å². The van der Waals surface area contributed by atoms with Crippen LogP contribution < -0.4 is 5.32 Å². The van der Waals surface area contributed by atoms with Crippen LogP contribution in [-0.2, 0) is 44.7 Å². The van der Waals surface area contributed by atoms with Crippen molar-refractivity contribution in [2.24, 2.45) is 5.92 Å². The van der Waals surface area contributed by atoms with E-state index in [1.807, 2.05) is 0 Å². The summed E-state index contributed by atoms with van der Waals surface area (Å²) in [5.74, 6) is -8.31. The van der Waals surface area contributed by atoms with E-state index in [0.29, 0.717) is 31.2 Å². The maximum absolute atomic E-state index is 13.6. The zero-order valence-electron chi connectivity index (χ0n) is 28.2. The van der Waals surface area contributed by atoms with Crippen LogP contribution in [0.2, 0.25) is 0 Å². The van der Waals surface area contributed by atoms with Gasteiger partial charge in [0.2, 0.25) is 12.2 Å². The molecule has 0 aliphatic carbocycles. The molecule has 1 aromatic carbocycles. The highest BCUT2D eigenvalue weighted by molar-refractivity contribution is 5.95. The van der Waals surface area contributed by atoms with E-state index in [0.717, 1.165) is 57.9 Å². The second kappa shape index (κ2) is 22.3. The number of esters is 2. The predicted octanol–water partition coefficient (Wildman–Crippen LogP) is 4.60. The van der Waals surface area contributed by atoms with Crippen LogP contribution in [0.15, 0.2) is 36.4 Å². The van der Waals surface area contributed by atoms with Gasteiger partial charge in [-0.2, -0.15) is 0 Å². The third-order valence-electron chi connectivity index (χ3n) is 7.64. The molecule has 0 spiro atoms. The maximum atomic E-state index is 13.6. The number of allylic oxidation sites excluding steroid dienone is 1. The van der Waals surface area contributed by atoms with E-state index in [1.165, 1.54) is 43.7 Å². The summed E-state index contributed by atoms with van der Waals surface area (Å²) in [6.07, 6.45) is 9.58. The number of Topliss-reactive ketones (excluding diaryl/α,β-unsaturated/α-hetero) is 1. The van der Waals surface area contributed by atoms with Crippen LogP contribution in [0.4, 0.5) is 0 Å². The van der Waals surface area contributed by atoms with Gasteiger partial charge in [-0.1, -0.05) is 69.7 Å². The standard InChI is InChI=1S/C35H51NO12/c1-4-5-6-9-12-15-27(38)16-13-10-7-8-11-14-17-29(35(46,34(44)45)23-31(40)41)32(42)36-30(22-26-18-20-28(39)21-19-26)33(43)48-25(3)47-24(2)37/h14,17-21,25,29-30,39,46H,4-13,15-16,22-23H2,1-3H3,(H,36,42)(H,40,41)(H,44,45)/b17-14+/t25?,29-,30+,35+/m1/s1. The third kappa shape index (κ3) is 16.5. The van der Waals surface area contributed by atoms with Crippen LogP contribution in [0.3, 0.4) is 0 Å². The number of carbonyl (C=O) groups is 6. The number of unbranched alkanes of at least 4 members (excludes halogenated alkanes) is 8. The van der Waals surface area contributed by atoms with Crippen molar-refractivity contribution in [3.8, 4) is 5.75 Å². The van der Waals surface area contributed by atoms with Crippen LogP contribution >= 0.6 is 0 Å². The van der Waals surface area contributed by atoms with Gasteiger partial charge in [0.05, 0.1) is 12.3 Å². The minimum atomic E-state index is -3.07. The third-order valence-corrected chi connectivity index (χ3v) is 7.64. The molecule has 0 aromatic heterocycles. The highest BCUT2D eigenvalue weighted by Gasteiger charge is 2.49. The first-order valence-corrected chi connectivity index (χ1v) is 16.5. The number of aromatic hydroxyl groups is 1. The number of carboxylic acid groups (broad SMARTS) is 2. The van der Waals surface area contributed by atoms with Crippen molar-refractivity contribution in [3.63, 3.8) is 0 Å². The minimum absolute atomic E-state index is 0.0579. The number of ketones is 1. The Balaban J connectivity index is 3.00. The Morgan fingerprint density at radius 3 is 2.00 bits per heavy atom. The number of amides is 1. The number of phenolic OH excluding ortho intramolecular Hbond substituents is 1. The summed E-state index contributed by atoms with van der Waals surface area (Å²) in [7, 11) is 0. The second-order valence-electron chi connectivity index (χ2n) is 11.9. The topological polar surface area (TPSA) is 214 Å². The van der Waals surface area contributed by atoms with Crippen molar-refractivity contribution < 1.29 is 58.7 Å². The summed E-state index contributed by atoms with van der Waals surface area (Å²) in [4.78, 5) is 73.7. The lowest BCUT2D eigenvalue weighted by Crippen LogP contribution is -2.55. The van der Waals surface area contributed by atoms with Crippen LogP contribution in [0, 0.1) is 5.92 Å². The molecule has 4 atom stereocenters. The molecule has 0 aliphatic heterocycles. The summed E-state index contributed by atoms with van der Waals surface area (Å²) >= 11 is 0. The van der Waals surface area contributed by atoms with E-state index in [2.05, 4.69) is 12.2 Å². The molecule has 5 N–H and O–H groups in total. The molecule has 1 unspecified atom stereocenters. The van der Waals surface area contributed by atoms with Crippen LogP contribution in [-0.4, -0.2) is 73.9 Å². The summed E-state index contributed by atoms with van der Waals surface area (Å²) in [5.41, 5.74) is -2.61. The van der Waals surface area contributed by atoms with Crippen LogP contribution in [0.25, 0.3) is 0 Å². The average Bonchev–Trinajstić information content (AvgIpc) is 2.99. The number of nitrogens with one attached hydrogen (secondary N) is 1. The van der Waals surface area contributed by atoms with E-state index in [9.17, 15) is 49.2 Å². The Hall–Kier alpha value is -4.26. The zero-order valence-corrected chi connectivity index (χ0v) is 28.2. The molecule has 1 rings (SSSR count). The summed E-state index contributed by atoms with van der Waals surface area (Å²) in [6, 6.07) is 4.14. The number of aliphatic hydroxyl groups is 1. The lowest BCUT2D eigenvalue weighted by molar-refractivity contribution is -0.185. The monoisotopic (exact) mass is 677 g/mol. The fourth-order valence-electron chi connectivity index (χ4n) is 5.06. The molecule has 0 saturated heterocycles. The summed E-state index contributed by atoms with van der Waals surface area (Å²) < 4.78 is 9.95. The van der Waals surface area contributed by atoms with Crippen molar-refractivity contribution in [1.29, 1.82) is 0 Å². The predicted molar refractivity (Wildman–Crippen MR) is 175 cm³/mol. The van der Waals surface area contributed by atoms with E-state index in [-0.39, 0.29) is 18.0 Å². The Bertz CT molecular complexity index is 1230. The van der Waals surface area contributed by atoms with Gasteiger partial charge in [-0.05, 0) is 43.4 Å². The van der Waals surface area contributed by atoms with Gasteiger partial charge < -0.3 is 35.2 Å². The molecule has 0 fully saturated rings. The number of carboxylic acids is 2. The molecule has 48 heavy (non-hydrogen) atoms. The molecular formula is C35H51NO12. The molecule has 0 saturated carbocycles. The van der Waals surface area contributed by atoms with E-state index < -0.39 is 60.1 Å². The summed E-state index contributed by atoms with van der Waals surface area (Å²) in [5, 5.41) is 42.2. The van der Waals surface area contributed by atoms with Crippen LogP contribution in [0.1, 0.15) is 110 Å². The SMILES string of the molecule is CCCCCCCC(=O)CCCCCC/C=C/[C@H](C(=O)N[C@@H](Cc1ccc(O)cc1)C(=O)OC(C)OC(C)=O)[C@@](O)(CC(=O)O)C(=O)O. The molecule has 0 heterocycles. The first-order valence-electron chi connectivity index (χ1n) is 16.5. The number of hydrogen-bond acceptors (Lipinski definition) is 10. The maximum Gasteiger partial charge on any atom is 0.337 e. The van der Waals surface area contributed by atoms with Gasteiger partial charge in [-0.3, -0.25) is 19.2 Å². The number of aliphatic carboxylic acids is 2. The number of carbonyl (C=O) groups excluding carboxylic acids is 4. The fourth-order valence-corrected chi connectivity index (χ4v) is 5.06. The fraction of sp³-hybridized carbons (Fsp3) is 0.600. The highest BCUT2D eigenvalue weighted by Crippen LogP contribution is 2.26. The molecule has 1 aromatic rings. The van der Waals surface area contributed by atoms with Gasteiger partial charge in [-0.25, -0.2) is 9.59 Å². The van der Waals surface area contributed by atoms with Crippen LogP contribution in [0.5, 0.6) is 5.75 Å². The molecule has 268 valence electrons. The Labute approximate surface area is 281 Å². The molecule has 13 nitrogen and oxygen atoms in total. The average molecular weight is 678 g/mol. The normalized spacial score (nSPS) is 14.3. The second-order valence-corrected chi connectivity index (χ2v) is 11.9. The smallest absolute Gasteiger partial charge is 0.337 e. The largest absolute Gasteiger partial charge is 0.508 e. The van der Waals surface area contributed by atoms with Gasteiger partial charge in [0.1, 0.15) is 17.6 Å². The Morgan fingerprint density at radius 2 is 1.46 bits per heavy atom. The number of hydrogen-bond donors (Lipinski definition) is 5. The van der Waals surface area contributed by atoms with Gasteiger partial charge in [0.25, 0.3) is 0 Å². The minimum Gasteiger partial charge on any atom is -0.508 e.